The zero-order valence-corrected chi connectivity index (χ0v) is 10.2. The second kappa shape index (κ2) is 6.42. The van der Waals surface area contributed by atoms with E-state index < -0.39 is 11.2 Å². The van der Waals surface area contributed by atoms with Crippen molar-refractivity contribution in [1.29, 1.82) is 0 Å². The molecule has 0 aliphatic carbocycles. The lowest BCUT2D eigenvalue weighted by Gasteiger charge is -2.07. The van der Waals surface area contributed by atoms with Crippen molar-refractivity contribution < 1.29 is 0 Å². The van der Waals surface area contributed by atoms with Gasteiger partial charge in [0.15, 0.2) is 0 Å². The number of H-pyrrole nitrogens is 1. The Kier molecular flexibility index (Phi) is 5.18. The molecule has 1 aromatic rings. The third kappa shape index (κ3) is 3.77. The van der Waals surface area contributed by atoms with Crippen LogP contribution in [0.25, 0.3) is 0 Å². The molecule has 0 radical (unpaired) electrons. The van der Waals surface area contributed by atoms with E-state index >= 15 is 0 Å². The summed E-state index contributed by atoms with van der Waals surface area (Å²) >= 11 is 1.82. The zero-order valence-electron chi connectivity index (χ0n) is 9.36. The van der Waals surface area contributed by atoms with Crippen LogP contribution in [0.15, 0.2) is 15.7 Å². The molecule has 0 unspecified atom stereocenters. The number of hydrogen-bond acceptors (Lipinski definition) is 4. The second-order valence-electron chi connectivity index (χ2n) is 3.57. The van der Waals surface area contributed by atoms with Crippen molar-refractivity contribution in [3.05, 3.63) is 26.9 Å². The van der Waals surface area contributed by atoms with Crippen LogP contribution in [0.4, 0.5) is 5.82 Å². The van der Waals surface area contributed by atoms with Gasteiger partial charge in [-0.3, -0.25) is 14.3 Å². The van der Waals surface area contributed by atoms with Crippen LogP contribution >= 0.6 is 11.8 Å². The molecule has 1 rings (SSSR count). The molecule has 0 amide bonds. The van der Waals surface area contributed by atoms with Crippen molar-refractivity contribution in [2.75, 3.05) is 17.7 Å². The van der Waals surface area contributed by atoms with Crippen molar-refractivity contribution in [2.24, 2.45) is 0 Å². The van der Waals surface area contributed by atoms with Crippen LogP contribution < -0.4 is 17.0 Å². The van der Waals surface area contributed by atoms with Crippen LogP contribution in [0.1, 0.15) is 19.3 Å². The monoisotopic (exact) mass is 243 g/mol. The van der Waals surface area contributed by atoms with Gasteiger partial charge in [0.25, 0.3) is 5.56 Å². The number of unbranched alkanes of at least 4 members (excludes halogenated alkanes) is 2. The van der Waals surface area contributed by atoms with Crippen LogP contribution in [-0.2, 0) is 6.54 Å². The summed E-state index contributed by atoms with van der Waals surface area (Å²) in [5.74, 6) is 1.37. The molecule has 0 bridgehead atoms. The number of aromatic amines is 1. The molecular formula is C10H17N3O2S. The summed E-state index contributed by atoms with van der Waals surface area (Å²) in [6.07, 6.45) is 5.17. The summed E-state index contributed by atoms with van der Waals surface area (Å²) in [6.45, 7) is 0.565. The predicted molar refractivity (Wildman–Crippen MR) is 68.0 cm³/mol. The minimum atomic E-state index is -0.443. The lowest BCUT2D eigenvalue weighted by Crippen LogP contribution is -2.31. The fourth-order valence-corrected chi connectivity index (χ4v) is 1.95. The first kappa shape index (κ1) is 12.9. The number of aromatic nitrogens is 2. The van der Waals surface area contributed by atoms with Gasteiger partial charge in [0.1, 0.15) is 5.82 Å². The third-order valence-electron chi connectivity index (χ3n) is 2.30. The first-order valence-corrected chi connectivity index (χ1v) is 6.63. The summed E-state index contributed by atoms with van der Waals surface area (Å²) in [6, 6.07) is 1.24. The molecule has 1 aromatic heterocycles. The average Bonchev–Trinajstić information content (AvgIpc) is 2.20. The quantitative estimate of drug-likeness (QED) is 0.719. The number of hydrogen-bond donors (Lipinski definition) is 2. The Bertz CT molecular complexity index is 438. The number of thioether (sulfide) groups is 1. The smallest absolute Gasteiger partial charge is 0.329 e. The number of nitrogens with two attached hydrogens (primary N) is 1. The molecule has 0 saturated heterocycles. The number of nitrogen functional groups attached to an aromatic ring is 1. The summed E-state index contributed by atoms with van der Waals surface area (Å²) in [5.41, 5.74) is 4.74. The summed E-state index contributed by atoms with van der Waals surface area (Å²) < 4.78 is 1.40. The first-order valence-electron chi connectivity index (χ1n) is 5.23. The Morgan fingerprint density at radius 1 is 1.38 bits per heavy atom. The van der Waals surface area contributed by atoms with E-state index in [-0.39, 0.29) is 5.82 Å². The lowest BCUT2D eigenvalue weighted by atomic mass is 10.2. The molecule has 0 aliphatic heterocycles. The van der Waals surface area contributed by atoms with Crippen LogP contribution in [0.3, 0.4) is 0 Å². The second-order valence-corrected chi connectivity index (χ2v) is 4.55. The molecule has 0 fully saturated rings. The molecule has 16 heavy (non-hydrogen) atoms. The molecule has 5 nitrogen and oxygen atoms in total. The molecule has 3 N–H and O–H groups in total. The van der Waals surface area contributed by atoms with E-state index in [1.807, 2.05) is 11.8 Å². The molecule has 0 aromatic carbocycles. The van der Waals surface area contributed by atoms with E-state index in [2.05, 4.69) is 11.2 Å². The maximum absolute atomic E-state index is 11.4. The highest BCUT2D eigenvalue weighted by Gasteiger charge is 2.01. The Labute approximate surface area is 98.1 Å². The number of nitrogens with one attached hydrogen (secondary N) is 1. The third-order valence-corrected chi connectivity index (χ3v) is 2.99. The summed E-state index contributed by atoms with van der Waals surface area (Å²) in [5, 5.41) is 0. The standard InChI is InChI=1S/C10H17N3O2S/c1-16-6-4-2-3-5-13-8(11)7-9(14)12-10(13)15/h7H,2-6,11H2,1H3,(H,12,14,15). The molecule has 90 valence electrons. The maximum atomic E-state index is 11.4. The summed E-state index contributed by atoms with van der Waals surface area (Å²) in [7, 11) is 0. The highest BCUT2D eigenvalue weighted by Crippen LogP contribution is 2.04. The normalized spacial score (nSPS) is 10.6. The van der Waals surface area contributed by atoms with Gasteiger partial charge in [-0.05, 0) is 24.9 Å². The van der Waals surface area contributed by atoms with Crippen LogP contribution in [0, 0.1) is 0 Å². The van der Waals surface area contributed by atoms with E-state index in [0.717, 1.165) is 25.0 Å². The van der Waals surface area contributed by atoms with E-state index in [1.54, 1.807) is 0 Å². The minimum absolute atomic E-state index is 0.235. The molecule has 0 spiro atoms. The van der Waals surface area contributed by atoms with Gasteiger partial charge in [0, 0.05) is 12.6 Å². The zero-order chi connectivity index (χ0) is 12.0. The van der Waals surface area contributed by atoms with Crippen molar-refractivity contribution in [3.63, 3.8) is 0 Å². The van der Waals surface area contributed by atoms with Crippen molar-refractivity contribution in [1.82, 2.24) is 9.55 Å². The fourth-order valence-electron chi connectivity index (χ4n) is 1.46. The molecular weight excluding hydrogens is 226 g/mol. The predicted octanol–water partition coefficient (Wildman–Crippen LogP) is 0.652. The molecule has 1 heterocycles. The number of nitrogens with zero attached hydrogens (tertiary/aromatic N) is 1. The van der Waals surface area contributed by atoms with Gasteiger partial charge in [-0.1, -0.05) is 6.42 Å². The Morgan fingerprint density at radius 3 is 2.75 bits per heavy atom. The molecule has 0 atom stereocenters. The van der Waals surface area contributed by atoms with Crippen molar-refractivity contribution in [2.45, 2.75) is 25.8 Å². The Hall–Kier alpha value is -1.17. The Balaban J connectivity index is 2.54. The molecule has 0 aliphatic rings. The van der Waals surface area contributed by atoms with Gasteiger partial charge in [-0.2, -0.15) is 11.8 Å². The SMILES string of the molecule is CSCCCCCn1c(N)cc(=O)[nH]c1=O. The average molecular weight is 243 g/mol. The van der Waals surface area contributed by atoms with E-state index in [9.17, 15) is 9.59 Å². The van der Waals surface area contributed by atoms with Crippen LogP contribution in [0.5, 0.6) is 0 Å². The van der Waals surface area contributed by atoms with E-state index in [1.165, 1.54) is 10.6 Å². The minimum Gasteiger partial charge on any atom is -0.385 e. The highest BCUT2D eigenvalue weighted by molar-refractivity contribution is 7.98. The van der Waals surface area contributed by atoms with Gasteiger partial charge in [-0.15, -0.1) is 0 Å². The van der Waals surface area contributed by atoms with Gasteiger partial charge in [0.05, 0.1) is 0 Å². The van der Waals surface area contributed by atoms with Gasteiger partial charge in [0.2, 0.25) is 0 Å². The van der Waals surface area contributed by atoms with E-state index in [4.69, 9.17) is 5.73 Å². The topological polar surface area (TPSA) is 80.9 Å². The van der Waals surface area contributed by atoms with Gasteiger partial charge < -0.3 is 5.73 Å². The first-order chi connectivity index (χ1) is 7.65. The van der Waals surface area contributed by atoms with Crippen LogP contribution in [0.2, 0.25) is 0 Å². The Morgan fingerprint density at radius 2 is 2.12 bits per heavy atom. The maximum Gasteiger partial charge on any atom is 0.329 e. The molecule has 6 heteroatoms. The lowest BCUT2D eigenvalue weighted by molar-refractivity contribution is 0.583. The number of rotatable bonds is 6. The van der Waals surface area contributed by atoms with E-state index in [0.29, 0.717) is 6.54 Å². The van der Waals surface area contributed by atoms with Gasteiger partial charge in [-0.25, -0.2) is 4.79 Å². The van der Waals surface area contributed by atoms with Crippen molar-refractivity contribution in [3.8, 4) is 0 Å². The molecule has 0 saturated carbocycles. The van der Waals surface area contributed by atoms with Crippen molar-refractivity contribution >= 4 is 17.6 Å². The van der Waals surface area contributed by atoms with Gasteiger partial charge >= 0.3 is 5.69 Å². The number of anilines is 1. The summed E-state index contributed by atoms with van der Waals surface area (Å²) in [4.78, 5) is 24.5. The van der Waals surface area contributed by atoms with Crippen LogP contribution in [-0.4, -0.2) is 21.6 Å². The fraction of sp³-hybridized carbons (Fsp3) is 0.600. The highest BCUT2D eigenvalue weighted by atomic mass is 32.2. The largest absolute Gasteiger partial charge is 0.385 e.